The maximum absolute atomic E-state index is 12.5. The molecule has 0 fully saturated rings. The van der Waals surface area contributed by atoms with Gasteiger partial charge in [0.15, 0.2) is 0 Å². The van der Waals surface area contributed by atoms with Crippen LogP contribution in [0.4, 0.5) is 11.4 Å². The number of carbonyl (C=O) groups excluding carboxylic acids is 1. The highest BCUT2D eigenvalue weighted by atomic mass is 35.5. The second kappa shape index (κ2) is 7.06. The number of amides is 1. The molecule has 0 spiro atoms. The Morgan fingerprint density at radius 2 is 1.92 bits per heavy atom. The smallest absolute Gasteiger partial charge is 0.267 e. The van der Waals surface area contributed by atoms with Gasteiger partial charge >= 0.3 is 0 Å². The molecule has 1 amide bonds. The molecular formula is C14H10ClN5O5S. The van der Waals surface area contributed by atoms with Crippen molar-refractivity contribution >= 4 is 38.9 Å². The summed E-state index contributed by atoms with van der Waals surface area (Å²) in [7, 11) is -4.20. The molecular weight excluding hydrogens is 386 g/mol. The number of primary sulfonamides is 1. The van der Waals surface area contributed by atoms with E-state index in [2.05, 4.69) is 0 Å². The molecule has 0 unspecified atom stereocenters. The number of nitriles is 1. The molecule has 2 rings (SSSR count). The van der Waals surface area contributed by atoms with Crippen molar-refractivity contribution in [2.45, 2.75) is 4.90 Å². The zero-order valence-corrected chi connectivity index (χ0v) is 14.4. The van der Waals surface area contributed by atoms with Gasteiger partial charge < -0.3 is 0 Å². The van der Waals surface area contributed by atoms with Gasteiger partial charge in [0.1, 0.15) is 10.6 Å². The summed E-state index contributed by atoms with van der Waals surface area (Å²) in [5.74, 6) is 4.74. The fourth-order valence-electron chi connectivity index (χ4n) is 2.05. The van der Waals surface area contributed by atoms with Gasteiger partial charge in [-0.2, -0.15) is 5.26 Å². The Kier molecular flexibility index (Phi) is 5.24. The summed E-state index contributed by atoms with van der Waals surface area (Å²) >= 11 is 5.75. The molecule has 26 heavy (non-hydrogen) atoms. The SMILES string of the molecule is N#Cc1ccc(N(N)C(=O)c2ccc(Cl)c(S(N)(=O)=O)c2)c([N+](=O)[O-])c1. The Bertz CT molecular complexity index is 1060. The topological polar surface area (TPSA) is 173 Å². The van der Waals surface area contributed by atoms with Crippen LogP contribution in [0.5, 0.6) is 0 Å². The van der Waals surface area contributed by atoms with Crippen LogP contribution in [0.2, 0.25) is 5.02 Å². The largest absolute Gasteiger partial charge is 0.295 e. The van der Waals surface area contributed by atoms with E-state index in [0.29, 0.717) is 5.01 Å². The lowest BCUT2D eigenvalue weighted by Crippen LogP contribution is -2.38. The van der Waals surface area contributed by atoms with Gasteiger partial charge in [0.05, 0.1) is 21.6 Å². The third-order valence-electron chi connectivity index (χ3n) is 3.26. The summed E-state index contributed by atoms with van der Waals surface area (Å²) in [6.45, 7) is 0. The molecule has 0 aliphatic rings. The summed E-state index contributed by atoms with van der Waals surface area (Å²) in [5.41, 5.74) is -1.06. The Morgan fingerprint density at radius 3 is 2.46 bits per heavy atom. The van der Waals surface area contributed by atoms with Gasteiger partial charge in [0.2, 0.25) is 10.0 Å². The molecule has 0 bridgehead atoms. The zero-order valence-electron chi connectivity index (χ0n) is 12.8. The zero-order chi connectivity index (χ0) is 19.6. The van der Waals surface area contributed by atoms with Crippen LogP contribution < -0.4 is 16.0 Å². The highest BCUT2D eigenvalue weighted by Gasteiger charge is 2.25. The molecule has 0 aliphatic carbocycles. The highest BCUT2D eigenvalue weighted by molar-refractivity contribution is 7.89. The molecule has 0 heterocycles. The quantitative estimate of drug-likeness (QED) is 0.339. The average Bonchev–Trinajstić information content (AvgIpc) is 2.59. The molecule has 2 aromatic carbocycles. The van der Waals surface area contributed by atoms with Crippen LogP contribution >= 0.6 is 11.6 Å². The number of sulfonamides is 1. The average molecular weight is 396 g/mol. The predicted molar refractivity (Wildman–Crippen MR) is 91.6 cm³/mol. The van der Waals surface area contributed by atoms with E-state index in [1.54, 1.807) is 6.07 Å². The van der Waals surface area contributed by atoms with E-state index >= 15 is 0 Å². The van der Waals surface area contributed by atoms with Crippen molar-refractivity contribution in [1.82, 2.24) is 0 Å². The first kappa shape index (κ1) is 19.3. The number of nitro groups is 1. The molecule has 0 saturated carbocycles. The van der Waals surface area contributed by atoms with Crippen LogP contribution in [-0.4, -0.2) is 19.2 Å². The number of anilines is 1. The van der Waals surface area contributed by atoms with Crippen molar-refractivity contribution in [3.8, 4) is 6.07 Å². The van der Waals surface area contributed by atoms with E-state index in [4.69, 9.17) is 27.8 Å². The van der Waals surface area contributed by atoms with Crippen molar-refractivity contribution in [3.05, 3.63) is 62.7 Å². The minimum Gasteiger partial charge on any atom is -0.267 e. The first-order chi connectivity index (χ1) is 12.1. The molecule has 0 aromatic heterocycles. The number of carbonyl (C=O) groups is 1. The van der Waals surface area contributed by atoms with Crippen LogP contribution in [0, 0.1) is 21.4 Å². The maximum atomic E-state index is 12.5. The Hall–Kier alpha value is -3.04. The lowest BCUT2D eigenvalue weighted by Gasteiger charge is -2.17. The van der Waals surface area contributed by atoms with E-state index in [1.165, 1.54) is 12.1 Å². The van der Waals surface area contributed by atoms with Crippen LogP contribution in [0.15, 0.2) is 41.3 Å². The van der Waals surface area contributed by atoms with E-state index in [0.717, 1.165) is 24.3 Å². The number of halogens is 1. The molecule has 4 N–H and O–H groups in total. The second-order valence-corrected chi connectivity index (χ2v) is 6.87. The van der Waals surface area contributed by atoms with Crippen molar-refractivity contribution in [2.24, 2.45) is 11.0 Å². The standard InChI is InChI=1S/C14H10ClN5O5S/c15-10-3-2-9(6-13(10)26(18,24)25)14(21)19(17)11-4-1-8(7-16)5-12(11)20(22)23/h1-6H,17H2,(H2,18,24,25). The minimum atomic E-state index is -4.20. The summed E-state index contributed by atoms with van der Waals surface area (Å²) in [6.07, 6.45) is 0. The summed E-state index contributed by atoms with van der Waals surface area (Å²) in [5, 5.41) is 25.3. The van der Waals surface area contributed by atoms with Crippen LogP contribution in [0.1, 0.15) is 15.9 Å². The number of benzene rings is 2. The van der Waals surface area contributed by atoms with Crippen LogP contribution in [0.3, 0.4) is 0 Å². The lowest BCUT2D eigenvalue weighted by atomic mass is 10.1. The highest BCUT2D eigenvalue weighted by Crippen LogP contribution is 2.29. The molecule has 0 aliphatic heterocycles. The number of hydrazine groups is 1. The number of rotatable bonds is 4. The van der Waals surface area contributed by atoms with Gasteiger partial charge in [-0.15, -0.1) is 0 Å². The lowest BCUT2D eigenvalue weighted by molar-refractivity contribution is -0.384. The predicted octanol–water partition coefficient (Wildman–Crippen LogP) is 1.29. The van der Waals surface area contributed by atoms with Crippen molar-refractivity contribution in [1.29, 1.82) is 5.26 Å². The Balaban J connectivity index is 2.52. The first-order valence-electron chi connectivity index (χ1n) is 6.66. The number of nitrogens with zero attached hydrogens (tertiary/aromatic N) is 3. The van der Waals surface area contributed by atoms with Crippen molar-refractivity contribution in [2.75, 3.05) is 5.01 Å². The van der Waals surface area contributed by atoms with Crippen molar-refractivity contribution in [3.63, 3.8) is 0 Å². The van der Waals surface area contributed by atoms with E-state index in [9.17, 15) is 23.3 Å². The first-order valence-corrected chi connectivity index (χ1v) is 8.58. The molecule has 12 heteroatoms. The normalized spacial score (nSPS) is 10.8. The number of nitro benzene ring substituents is 1. The minimum absolute atomic E-state index is 0.00398. The summed E-state index contributed by atoms with van der Waals surface area (Å²) in [6, 6.07) is 8.30. The van der Waals surface area contributed by atoms with Gasteiger partial charge in [0, 0.05) is 11.6 Å². The van der Waals surface area contributed by atoms with Crippen LogP contribution in [0.25, 0.3) is 0 Å². The van der Waals surface area contributed by atoms with Gasteiger partial charge in [-0.05, 0) is 30.3 Å². The van der Waals surface area contributed by atoms with Gasteiger partial charge in [-0.25, -0.2) is 24.4 Å². The van der Waals surface area contributed by atoms with Gasteiger partial charge in [-0.1, -0.05) is 11.6 Å². The Labute approximate surface area is 152 Å². The number of hydrogen-bond donors (Lipinski definition) is 2. The number of nitrogens with two attached hydrogens (primary N) is 2. The maximum Gasteiger partial charge on any atom is 0.295 e. The Morgan fingerprint density at radius 1 is 1.27 bits per heavy atom. The summed E-state index contributed by atoms with van der Waals surface area (Å²) < 4.78 is 23.0. The molecule has 0 atom stereocenters. The van der Waals surface area contributed by atoms with Gasteiger partial charge in [-0.3, -0.25) is 14.9 Å². The molecule has 2 aromatic rings. The van der Waals surface area contributed by atoms with Crippen molar-refractivity contribution < 1.29 is 18.1 Å². The van der Waals surface area contributed by atoms with E-state index in [-0.39, 0.29) is 21.8 Å². The number of hydrogen-bond acceptors (Lipinski definition) is 7. The molecule has 10 nitrogen and oxygen atoms in total. The van der Waals surface area contributed by atoms with E-state index < -0.39 is 31.4 Å². The molecule has 0 radical (unpaired) electrons. The van der Waals surface area contributed by atoms with Gasteiger partial charge in [0.25, 0.3) is 11.6 Å². The molecule has 0 saturated heterocycles. The summed E-state index contributed by atoms with van der Waals surface area (Å²) in [4.78, 5) is 22.4. The monoisotopic (exact) mass is 395 g/mol. The fourth-order valence-corrected chi connectivity index (χ4v) is 3.12. The fraction of sp³-hybridized carbons (Fsp3) is 0. The third kappa shape index (κ3) is 3.79. The molecule has 134 valence electrons. The third-order valence-corrected chi connectivity index (χ3v) is 4.66. The van der Waals surface area contributed by atoms with Crippen LogP contribution in [-0.2, 0) is 10.0 Å². The van der Waals surface area contributed by atoms with E-state index in [1.807, 2.05) is 0 Å². The second-order valence-electron chi connectivity index (χ2n) is 4.94.